The van der Waals surface area contributed by atoms with Gasteiger partial charge in [0.05, 0.1) is 19.0 Å². The molecule has 0 fully saturated rings. The van der Waals surface area contributed by atoms with Gasteiger partial charge in [-0.1, -0.05) is 12.1 Å². The van der Waals surface area contributed by atoms with Gasteiger partial charge >= 0.3 is 0 Å². The molecule has 0 radical (unpaired) electrons. The van der Waals surface area contributed by atoms with Crippen molar-refractivity contribution < 1.29 is 4.74 Å². The molecule has 0 aliphatic carbocycles. The van der Waals surface area contributed by atoms with Crippen LogP contribution in [0.5, 0.6) is 5.75 Å². The number of nitrogens with one attached hydrogen (secondary N) is 1. The summed E-state index contributed by atoms with van der Waals surface area (Å²) in [4.78, 5) is 2.07. The van der Waals surface area contributed by atoms with E-state index in [-0.39, 0.29) is 0 Å². The summed E-state index contributed by atoms with van der Waals surface area (Å²) >= 11 is 0. The van der Waals surface area contributed by atoms with E-state index in [1.807, 2.05) is 50.5 Å². The second kappa shape index (κ2) is 6.61. The summed E-state index contributed by atoms with van der Waals surface area (Å²) < 4.78 is 5.10. The van der Waals surface area contributed by atoms with Crippen molar-refractivity contribution >= 4 is 17.6 Å². The second-order valence-corrected chi connectivity index (χ2v) is 4.58. The van der Waals surface area contributed by atoms with Gasteiger partial charge in [-0.05, 0) is 42.0 Å². The lowest BCUT2D eigenvalue weighted by Crippen LogP contribution is -2.08. The number of methoxy groups -OCH3 is 1. The Hall–Kier alpha value is -2.49. The molecule has 0 bridgehead atoms. The zero-order chi connectivity index (χ0) is 14.4. The van der Waals surface area contributed by atoms with E-state index in [4.69, 9.17) is 4.74 Å². The number of hydrogen-bond acceptors (Lipinski definition) is 4. The van der Waals surface area contributed by atoms with Crippen LogP contribution in [-0.2, 0) is 0 Å². The highest BCUT2D eigenvalue weighted by Gasteiger charge is 1.94. The highest BCUT2D eigenvalue weighted by Crippen LogP contribution is 2.15. The molecular formula is C16H19N3O. The molecule has 0 heterocycles. The minimum atomic E-state index is 0.832. The van der Waals surface area contributed by atoms with Crippen LogP contribution in [0.1, 0.15) is 5.56 Å². The summed E-state index contributed by atoms with van der Waals surface area (Å²) in [6.07, 6.45) is 1.80. The minimum absolute atomic E-state index is 0.832. The molecule has 2 aromatic rings. The quantitative estimate of drug-likeness (QED) is 0.669. The molecule has 0 saturated carbocycles. The molecule has 20 heavy (non-hydrogen) atoms. The topological polar surface area (TPSA) is 36.9 Å². The Morgan fingerprint density at radius 1 is 1.00 bits per heavy atom. The van der Waals surface area contributed by atoms with Crippen molar-refractivity contribution in [3.63, 3.8) is 0 Å². The number of ether oxygens (including phenoxy) is 1. The lowest BCUT2D eigenvalue weighted by molar-refractivity contribution is 0.415. The molecule has 4 nitrogen and oxygen atoms in total. The summed E-state index contributed by atoms with van der Waals surface area (Å²) in [5, 5.41) is 4.21. The zero-order valence-corrected chi connectivity index (χ0v) is 12.0. The molecule has 0 aliphatic rings. The third kappa shape index (κ3) is 3.75. The molecule has 0 saturated heterocycles. The summed E-state index contributed by atoms with van der Waals surface area (Å²) in [5.41, 5.74) is 6.13. The number of rotatable bonds is 5. The first kappa shape index (κ1) is 13.9. The van der Waals surface area contributed by atoms with Crippen LogP contribution in [0.3, 0.4) is 0 Å². The highest BCUT2D eigenvalue weighted by atomic mass is 16.5. The average Bonchev–Trinajstić information content (AvgIpc) is 2.48. The monoisotopic (exact) mass is 269 g/mol. The largest absolute Gasteiger partial charge is 0.497 e. The van der Waals surface area contributed by atoms with Gasteiger partial charge in [0.1, 0.15) is 5.75 Å². The lowest BCUT2D eigenvalue weighted by Gasteiger charge is -2.11. The van der Waals surface area contributed by atoms with Gasteiger partial charge in [-0.2, -0.15) is 5.10 Å². The third-order valence-corrected chi connectivity index (χ3v) is 2.91. The summed E-state index contributed by atoms with van der Waals surface area (Å²) in [7, 11) is 5.70. The Labute approximate surface area is 119 Å². The van der Waals surface area contributed by atoms with Crippen LogP contribution in [0.15, 0.2) is 53.6 Å². The van der Waals surface area contributed by atoms with Crippen LogP contribution in [0.25, 0.3) is 0 Å². The Morgan fingerprint density at radius 2 is 1.65 bits per heavy atom. The normalized spacial score (nSPS) is 10.6. The van der Waals surface area contributed by atoms with E-state index in [9.17, 15) is 0 Å². The predicted octanol–water partition coefficient (Wildman–Crippen LogP) is 3.21. The maximum absolute atomic E-state index is 5.10. The van der Waals surface area contributed by atoms with Crippen LogP contribution < -0.4 is 15.1 Å². The molecule has 0 unspecified atom stereocenters. The van der Waals surface area contributed by atoms with Gasteiger partial charge in [-0.25, -0.2) is 0 Å². The van der Waals surface area contributed by atoms with Crippen molar-refractivity contribution in [3.8, 4) is 5.75 Å². The Morgan fingerprint density at radius 3 is 2.20 bits per heavy atom. The zero-order valence-electron chi connectivity index (χ0n) is 12.0. The predicted molar refractivity (Wildman–Crippen MR) is 85.0 cm³/mol. The first-order chi connectivity index (χ1) is 9.69. The van der Waals surface area contributed by atoms with Gasteiger partial charge < -0.3 is 9.64 Å². The van der Waals surface area contributed by atoms with Crippen LogP contribution in [0.4, 0.5) is 11.4 Å². The first-order valence-corrected chi connectivity index (χ1v) is 6.39. The van der Waals surface area contributed by atoms with E-state index in [2.05, 4.69) is 27.6 Å². The standard InChI is InChI=1S/C16H19N3O/c1-19(2)15-8-4-13(5-9-15)12-17-18-14-6-10-16(20-3)11-7-14/h4-12,18H,1-3H3/b17-12+. The van der Waals surface area contributed by atoms with Gasteiger partial charge in [0.2, 0.25) is 0 Å². The van der Waals surface area contributed by atoms with Crippen molar-refractivity contribution in [2.24, 2.45) is 5.10 Å². The number of nitrogens with zero attached hydrogens (tertiary/aromatic N) is 2. The molecule has 1 N–H and O–H groups in total. The van der Waals surface area contributed by atoms with Crippen molar-refractivity contribution in [1.29, 1.82) is 0 Å². The minimum Gasteiger partial charge on any atom is -0.497 e. The summed E-state index contributed by atoms with van der Waals surface area (Å²) in [6, 6.07) is 15.8. The molecule has 0 aromatic heterocycles. The fourth-order valence-corrected chi connectivity index (χ4v) is 1.71. The number of hydrazone groups is 1. The van der Waals surface area contributed by atoms with Gasteiger partial charge in [0.15, 0.2) is 0 Å². The summed E-state index contributed by atoms with van der Waals surface area (Å²) in [6.45, 7) is 0. The Kier molecular flexibility index (Phi) is 4.60. The molecule has 2 aromatic carbocycles. The van der Waals surface area contributed by atoms with Gasteiger partial charge in [-0.15, -0.1) is 0 Å². The molecular weight excluding hydrogens is 250 g/mol. The van der Waals surface area contributed by atoms with Crippen LogP contribution in [0, 0.1) is 0 Å². The fourth-order valence-electron chi connectivity index (χ4n) is 1.71. The number of benzene rings is 2. The van der Waals surface area contributed by atoms with E-state index in [1.165, 1.54) is 5.69 Å². The summed E-state index contributed by atoms with van der Waals surface area (Å²) in [5.74, 6) is 0.832. The van der Waals surface area contributed by atoms with Crippen molar-refractivity contribution in [1.82, 2.24) is 0 Å². The maximum atomic E-state index is 5.10. The van der Waals surface area contributed by atoms with Crippen LogP contribution >= 0.6 is 0 Å². The molecule has 104 valence electrons. The first-order valence-electron chi connectivity index (χ1n) is 6.39. The molecule has 0 aliphatic heterocycles. The van der Waals surface area contributed by atoms with Crippen molar-refractivity contribution in [2.45, 2.75) is 0 Å². The molecule has 4 heteroatoms. The van der Waals surface area contributed by atoms with Crippen LogP contribution in [0.2, 0.25) is 0 Å². The van der Waals surface area contributed by atoms with Gasteiger partial charge in [0, 0.05) is 19.8 Å². The van der Waals surface area contributed by atoms with E-state index in [0.29, 0.717) is 0 Å². The maximum Gasteiger partial charge on any atom is 0.119 e. The Bertz CT molecular complexity index is 559. The molecule has 0 atom stereocenters. The van der Waals surface area contributed by atoms with E-state index in [1.54, 1.807) is 13.3 Å². The van der Waals surface area contributed by atoms with E-state index < -0.39 is 0 Å². The third-order valence-electron chi connectivity index (χ3n) is 2.91. The van der Waals surface area contributed by atoms with Gasteiger partial charge in [-0.3, -0.25) is 5.43 Å². The van der Waals surface area contributed by atoms with E-state index in [0.717, 1.165) is 17.0 Å². The highest BCUT2D eigenvalue weighted by molar-refractivity contribution is 5.80. The van der Waals surface area contributed by atoms with Crippen molar-refractivity contribution in [3.05, 3.63) is 54.1 Å². The van der Waals surface area contributed by atoms with Gasteiger partial charge in [0.25, 0.3) is 0 Å². The molecule has 2 rings (SSSR count). The molecule has 0 amide bonds. The Balaban J connectivity index is 1.95. The lowest BCUT2D eigenvalue weighted by atomic mass is 10.2. The number of anilines is 2. The number of hydrogen-bond donors (Lipinski definition) is 1. The second-order valence-electron chi connectivity index (χ2n) is 4.58. The fraction of sp³-hybridized carbons (Fsp3) is 0.188. The average molecular weight is 269 g/mol. The SMILES string of the molecule is COc1ccc(N/N=C/c2ccc(N(C)C)cc2)cc1. The van der Waals surface area contributed by atoms with Crippen LogP contribution in [-0.4, -0.2) is 27.4 Å². The van der Waals surface area contributed by atoms with Crippen molar-refractivity contribution in [2.75, 3.05) is 31.5 Å². The van der Waals surface area contributed by atoms with E-state index >= 15 is 0 Å². The molecule has 0 spiro atoms. The smallest absolute Gasteiger partial charge is 0.119 e.